The first-order valence-electron chi connectivity index (χ1n) is 9.75. The van der Waals surface area contributed by atoms with Gasteiger partial charge in [-0.2, -0.15) is 17.0 Å². The van der Waals surface area contributed by atoms with Crippen LogP contribution in [0.15, 0.2) is 12.3 Å². The summed E-state index contributed by atoms with van der Waals surface area (Å²) >= 11 is 1.55. The van der Waals surface area contributed by atoms with Gasteiger partial charge in [0.05, 0.1) is 11.7 Å². The van der Waals surface area contributed by atoms with Crippen LogP contribution in [0.5, 0.6) is 0 Å². The zero-order valence-corrected chi connectivity index (χ0v) is 17.9. The standard InChI is InChI=1S/C18H26N6O2S2/c1-13-12-19-18(27-13)22-17-11-15(20-14(2)21-17)16-7-6-10-24(16)28(25,26)23-8-4-3-5-9-23/h11-12,16H,3-10H2,1-2H3,(H,19,20,21,22)/t16-/m0/s1. The second-order valence-corrected chi connectivity index (χ2v) is 10.5. The highest BCUT2D eigenvalue weighted by Gasteiger charge is 2.40. The fourth-order valence-corrected chi connectivity index (χ4v) is 6.49. The van der Waals surface area contributed by atoms with E-state index in [1.165, 1.54) is 0 Å². The number of hydrogen-bond donors (Lipinski definition) is 1. The maximum atomic E-state index is 13.2. The Kier molecular flexibility index (Phi) is 5.64. The van der Waals surface area contributed by atoms with Crippen LogP contribution >= 0.6 is 11.3 Å². The van der Waals surface area contributed by atoms with Crippen molar-refractivity contribution in [1.29, 1.82) is 0 Å². The molecular formula is C18H26N6O2S2. The lowest BCUT2D eigenvalue weighted by Crippen LogP contribution is -2.45. The highest BCUT2D eigenvalue weighted by Crippen LogP contribution is 2.36. The Morgan fingerprint density at radius 2 is 1.89 bits per heavy atom. The van der Waals surface area contributed by atoms with Crippen molar-refractivity contribution < 1.29 is 8.42 Å². The van der Waals surface area contributed by atoms with Gasteiger partial charge < -0.3 is 5.32 Å². The molecule has 2 aromatic rings. The van der Waals surface area contributed by atoms with Gasteiger partial charge in [-0.3, -0.25) is 0 Å². The third-order valence-corrected chi connectivity index (χ3v) is 8.07. The van der Waals surface area contributed by atoms with Crippen molar-refractivity contribution in [1.82, 2.24) is 23.6 Å². The quantitative estimate of drug-likeness (QED) is 0.796. The van der Waals surface area contributed by atoms with E-state index in [-0.39, 0.29) is 6.04 Å². The van der Waals surface area contributed by atoms with Crippen LogP contribution in [0.4, 0.5) is 10.9 Å². The lowest BCUT2D eigenvalue weighted by Gasteiger charge is -2.32. The monoisotopic (exact) mass is 422 g/mol. The minimum atomic E-state index is -3.46. The van der Waals surface area contributed by atoms with Crippen molar-refractivity contribution in [3.8, 4) is 0 Å². The van der Waals surface area contributed by atoms with Crippen LogP contribution in [0.25, 0.3) is 0 Å². The third-order valence-electron chi connectivity index (χ3n) is 5.20. The van der Waals surface area contributed by atoms with Crippen LogP contribution in [0, 0.1) is 13.8 Å². The average molecular weight is 423 g/mol. The molecule has 0 unspecified atom stereocenters. The summed E-state index contributed by atoms with van der Waals surface area (Å²) in [6.07, 6.45) is 6.41. The molecule has 1 N–H and O–H groups in total. The van der Waals surface area contributed by atoms with Crippen LogP contribution < -0.4 is 5.32 Å². The summed E-state index contributed by atoms with van der Waals surface area (Å²) in [4.78, 5) is 14.5. The van der Waals surface area contributed by atoms with E-state index in [4.69, 9.17) is 0 Å². The summed E-state index contributed by atoms with van der Waals surface area (Å²) in [5, 5.41) is 3.99. The van der Waals surface area contributed by atoms with Gasteiger partial charge in [0.25, 0.3) is 10.2 Å². The molecule has 0 radical (unpaired) electrons. The molecular weight excluding hydrogens is 396 g/mol. The minimum Gasteiger partial charge on any atom is -0.316 e. The predicted octanol–water partition coefficient (Wildman–Crippen LogP) is 3.16. The first-order valence-corrected chi connectivity index (χ1v) is 12.0. The van der Waals surface area contributed by atoms with Crippen LogP contribution in [-0.2, 0) is 10.2 Å². The first-order chi connectivity index (χ1) is 13.4. The van der Waals surface area contributed by atoms with E-state index < -0.39 is 10.2 Å². The van der Waals surface area contributed by atoms with E-state index in [0.29, 0.717) is 31.3 Å². The van der Waals surface area contributed by atoms with Gasteiger partial charge in [-0.15, -0.1) is 11.3 Å². The van der Waals surface area contributed by atoms with Crippen molar-refractivity contribution in [2.45, 2.75) is 52.0 Å². The number of aryl methyl sites for hydroxylation is 2. The SMILES string of the molecule is Cc1nc(Nc2ncc(C)s2)cc([C@@H]2CCCN2S(=O)(=O)N2CCCCC2)n1. The molecule has 0 spiro atoms. The van der Waals surface area contributed by atoms with Crippen molar-refractivity contribution in [3.05, 3.63) is 28.7 Å². The molecule has 0 aromatic carbocycles. The summed E-state index contributed by atoms with van der Waals surface area (Å²) in [5.41, 5.74) is 0.751. The number of rotatable bonds is 5. The van der Waals surface area contributed by atoms with Crippen molar-refractivity contribution in [3.63, 3.8) is 0 Å². The molecule has 4 heterocycles. The molecule has 0 bridgehead atoms. The van der Waals surface area contributed by atoms with Crippen molar-refractivity contribution in [2.24, 2.45) is 0 Å². The molecule has 10 heteroatoms. The van der Waals surface area contributed by atoms with Gasteiger partial charge in [0.15, 0.2) is 5.13 Å². The van der Waals surface area contributed by atoms with Crippen molar-refractivity contribution in [2.75, 3.05) is 25.0 Å². The second-order valence-electron chi connectivity index (χ2n) is 7.36. The molecule has 0 aliphatic carbocycles. The van der Waals surface area contributed by atoms with E-state index in [0.717, 1.165) is 47.8 Å². The molecule has 28 heavy (non-hydrogen) atoms. The van der Waals surface area contributed by atoms with Crippen LogP contribution in [0.3, 0.4) is 0 Å². The fraction of sp³-hybridized carbons (Fsp3) is 0.611. The largest absolute Gasteiger partial charge is 0.316 e. The Bertz CT molecular complexity index is 939. The first kappa shape index (κ1) is 19.7. The predicted molar refractivity (Wildman–Crippen MR) is 110 cm³/mol. The van der Waals surface area contributed by atoms with E-state index in [9.17, 15) is 8.42 Å². The zero-order chi connectivity index (χ0) is 19.7. The Hall–Kier alpha value is -1.62. The van der Waals surface area contributed by atoms with Gasteiger partial charge in [0.2, 0.25) is 0 Å². The summed E-state index contributed by atoms with van der Waals surface area (Å²) in [5.74, 6) is 1.27. The number of nitrogens with one attached hydrogen (secondary N) is 1. The molecule has 2 fully saturated rings. The Morgan fingerprint density at radius 1 is 1.11 bits per heavy atom. The highest BCUT2D eigenvalue weighted by atomic mass is 32.2. The van der Waals surface area contributed by atoms with E-state index in [1.54, 1.807) is 19.9 Å². The van der Waals surface area contributed by atoms with Crippen LogP contribution in [0.1, 0.15) is 54.5 Å². The minimum absolute atomic E-state index is 0.243. The number of aromatic nitrogens is 3. The summed E-state index contributed by atoms with van der Waals surface area (Å²) in [6.45, 7) is 5.61. The summed E-state index contributed by atoms with van der Waals surface area (Å²) in [6, 6.07) is 1.62. The smallest absolute Gasteiger partial charge is 0.282 e. The summed E-state index contributed by atoms with van der Waals surface area (Å²) < 4.78 is 29.7. The summed E-state index contributed by atoms with van der Waals surface area (Å²) in [7, 11) is -3.46. The van der Waals surface area contributed by atoms with Gasteiger partial charge in [0.1, 0.15) is 11.6 Å². The van der Waals surface area contributed by atoms with Crippen molar-refractivity contribution >= 4 is 32.5 Å². The number of hydrogen-bond acceptors (Lipinski definition) is 7. The maximum absolute atomic E-state index is 13.2. The maximum Gasteiger partial charge on any atom is 0.282 e. The van der Waals surface area contributed by atoms with Gasteiger partial charge >= 0.3 is 0 Å². The number of thiazole rings is 1. The topological polar surface area (TPSA) is 91.3 Å². The average Bonchev–Trinajstić information content (AvgIpc) is 3.31. The molecule has 152 valence electrons. The van der Waals surface area contributed by atoms with Crippen LogP contribution in [-0.4, -0.2) is 51.6 Å². The van der Waals surface area contributed by atoms with Gasteiger partial charge in [-0.1, -0.05) is 6.42 Å². The molecule has 2 aromatic heterocycles. The molecule has 0 saturated carbocycles. The fourth-order valence-electron chi connectivity index (χ4n) is 3.90. The molecule has 1 atom stereocenters. The Morgan fingerprint density at radius 3 is 2.61 bits per heavy atom. The number of nitrogens with zero attached hydrogens (tertiary/aromatic N) is 5. The molecule has 8 nitrogen and oxygen atoms in total. The van der Waals surface area contributed by atoms with Gasteiger partial charge in [-0.05, 0) is 39.5 Å². The molecule has 4 rings (SSSR count). The number of piperidine rings is 1. The van der Waals surface area contributed by atoms with Gasteiger partial charge in [-0.25, -0.2) is 15.0 Å². The third kappa shape index (κ3) is 4.05. The van der Waals surface area contributed by atoms with Gasteiger partial charge in [0, 0.05) is 36.8 Å². The zero-order valence-electron chi connectivity index (χ0n) is 16.3. The van der Waals surface area contributed by atoms with E-state index in [2.05, 4.69) is 20.3 Å². The van der Waals surface area contributed by atoms with E-state index in [1.807, 2.05) is 26.1 Å². The van der Waals surface area contributed by atoms with E-state index >= 15 is 0 Å². The normalized spacial score (nSPS) is 21.9. The Balaban J connectivity index is 1.60. The lowest BCUT2D eigenvalue weighted by molar-refractivity contribution is 0.294. The molecule has 2 aliphatic rings. The Labute approximate surface area is 170 Å². The lowest BCUT2D eigenvalue weighted by atomic mass is 10.1. The molecule has 2 saturated heterocycles. The van der Waals surface area contributed by atoms with Crippen LogP contribution in [0.2, 0.25) is 0 Å². The highest BCUT2D eigenvalue weighted by molar-refractivity contribution is 7.86. The second kappa shape index (κ2) is 8.02. The number of anilines is 2. The molecule has 0 amide bonds. The molecule has 2 aliphatic heterocycles.